The standard InChI is InChI=1S/C13H17F2N/c1-9-2-5-12(16-8-9)6-10-3-4-11(14)7-13(10)15/h3-4,7,9,12,16H,2,5-6,8H2,1H3. The average Bonchev–Trinajstić information content (AvgIpc) is 2.25. The van der Waals surface area contributed by atoms with Crippen molar-refractivity contribution >= 4 is 0 Å². The number of hydrogen-bond acceptors (Lipinski definition) is 1. The van der Waals surface area contributed by atoms with Crippen LogP contribution in [0, 0.1) is 17.6 Å². The van der Waals surface area contributed by atoms with Crippen LogP contribution in [-0.4, -0.2) is 12.6 Å². The molecule has 1 heterocycles. The molecule has 3 heteroatoms. The number of nitrogens with one attached hydrogen (secondary N) is 1. The van der Waals surface area contributed by atoms with Gasteiger partial charge >= 0.3 is 0 Å². The van der Waals surface area contributed by atoms with E-state index in [1.165, 1.54) is 12.5 Å². The lowest BCUT2D eigenvalue weighted by Crippen LogP contribution is -2.39. The van der Waals surface area contributed by atoms with Crippen LogP contribution in [0.5, 0.6) is 0 Å². The zero-order chi connectivity index (χ0) is 11.5. The van der Waals surface area contributed by atoms with Crippen molar-refractivity contribution in [1.82, 2.24) is 5.32 Å². The van der Waals surface area contributed by atoms with Crippen molar-refractivity contribution in [2.45, 2.75) is 32.2 Å². The summed E-state index contributed by atoms with van der Waals surface area (Å²) in [5.74, 6) is -0.235. The fraction of sp³-hybridized carbons (Fsp3) is 0.538. The highest BCUT2D eigenvalue weighted by atomic mass is 19.1. The first-order chi connectivity index (χ1) is 7.65. The van der Waals surface area contributed by atoms with Crippen molar-refractivity contribution in [3.63, 3.8) is 0 Å². The van der Waals surface area contributed by atoms with E-state index in [1.807, 2.05) is 0 Å². The summed E-state index contributed by atoms with van der Waals surface area (Å²) in [5, 5.41) is 3.40. The lowest BCUT2D eigenvalue weighted by molar-refractivity contribution is 0.324. The average molecular weight is 225 g/mol. The van der Waals surface area contributed by atoms with Gasteiger partial charge in [0, 0.05) is 12.1 Å². The van der Waals surface area contributed by atoms with E-state index in [2.05, 4.69) is 12.2 Å². The van der Waals surface area contributed by atoms with E-state index in [0.717, 1.165) is 19.0 Å². The molecule has 0 radical (unpaired) electrons. The molecule has 0 spiro atoms. The number of rotatable bonds is 2. The molecule has 2 atom stereocenters. The Kier molecular flexibility index (Phi) is 3.54. The molecule has 0 aliphatic carbocycles. The Labute approximate surface area is 94.9 Å². The predicted octanol–water partition coefficient (Wildman–Crippen LogP) is 2.90. The highest BCUT2D eigenvalue weighted by Crippen LogP contribution is 2.18. The fourth-order valence-electron chi connectivity index (χ4n) is 2.18. The molecule has 1 aromatic carbocycles. The molecule has 0 saturated carbocycles. The highest BCUT2D eigenvalue weighted by Gasteiger charge is 2.18. The molecule has 1 fully saturated rings. The molecule has 88 valence electrons. The zero-order valence-electron chi connectivity index (χ0n) is 9.47. The molecule has 2 rings (SSSR count). The Balaban J connectivity index is 1.98. The van der Waals surface area contributed by atoms with Crippen molar-refractivity contribution in [1.29, 1.82) is 0 Å². The van der Waals surface area contributed by atoms with Gasteiger partial charge in [-0.3, -0.25) is 0 Å². The van der Waals surface area contributed by atoms with Gasteiger partial charge in [0.2, 0.25) is 0 Å². The van der Waals surface area contributed by atoms with Crippen molar-refractivity contribution in [3.05, 3.63) is 35.4 Å². The van der Waals surface area contributed by atoms with Crippen LogP contribution in [0.3, 0.4) is 0 Å². The van der Waals surface area contributed by atoms with Gasteiger partial charge in [0.25, 0.3) is 0 Å². The predicted molar refractivity (Wildman–Crippen MR) is 60.3 cm³/mol. The summed E-state index contributed by atoms with van der Waals surface area (Å²) in [6.07, 6.45) is 2.90. The third-order valence-corrected chi connectivity index (χ3v) is 3.24. The Morgan fingerprint density at radius 2 is 2.12 bits per heavy atom. The first kappa shape index (κ1) is 11.5. The summed E-state index contributed by atoms with van der Waals surface area (Å²) in [6.45, 7) is 3.20. The number of halogens is 2. The van der Waals surface area contributed by atoms with Crippen LogP contribution in [0.2, 0.25) is 0 Å². The van der Waals surface area contributed by atoms with Gasteiger partial charge in [0.15, 0.2) is 0 Å². The molecule has 1 aliphatic heterocycles. The van der Waals surface area contributed by atoms with Gasteiger partial charge in [-0.05, 0) is 43.4 Å². The molecule has 2 unspecified atom stereocenters. The van der Waals surface area contributed by atoms with Crippen molar-refractivity contribution in [2.24, 2.45) is 5.92 Å². The van der Waals surface area contributed by atoms with Gasteiger partial charge in [0.05, 0.1) is 0 Å². The number of piperidine rings is 1. The first-order valence-electron chi connectivity index (χ1n) is 5.82. The monoisotopic (exact) mass is 225 g/mol. The van der Waals surface area contributed by atoms with Crippen LogP contribution < -0.4 is 5.32 Å². The Morgan fingerprint density at radius 1 is 1.31 bits per heavy atom. The fourth-order valence-corrected chi connectivity index (χ4v) is 2.18. The van der Waals surface area contributed by atoms with E-state index < -0.39 is 11.6 Å². The van der Waals surface area contributed by atoms with Gasteiger partial charge in [0.1, 0.15) is 11.6 Å². The third kappa shape index (κ3) is 2.79. The van der Waals surface area contributed by atoms with Crippen molar-refractivity contribution in [3.8, 4) is 0 Å². The Bertz CT molecular complexity index is 357. The lowest BCUT2D eigenvalue weighted by atomic mass is 9.92. The van der Waals surface area contributed by atoms with E-state index >= 15 is 0 Å². The summed E-state index contributed by atoms with van der Waals surface area (Å²) in [7, 11) is 0. The third-order valence-electron chi connectivity index (χ3n) is 3.24. The van der Waals surface area contributed by atoms with Crippen LogP contribution in [0.1, 0.15) is 25.3 Å². The summed E-state index contributed by atoms with van der Waals surface area (Å²) < 4.78 is 26.1. The Morgan fingerprint density at radius 3 is 2.75 bits per heavy atom. The van der Waals surface area contributed by atoms with Crippen LogP contribution >= 0.6 is 0 Å². The summed E-state index contributed by atoms with van der Waals surface area (Å²) in [5.41, 5.74) is 0.605. The molecule has 1 aliphatic rings. The highest BCUT2D eigenvalue weighted by molar-refractivity contribution is 5.19. The van der Waals surface area contributed by atoms with Gasteiger partial charge in [-0.25, -0.2) is 8.78 Å². The molecule has 16 heavy (non-hydrogen) atoms. The molecule has 0 amide bonds. The van der Waals surface area contributed by atoms with Gasteiger partial charge in [-0.2, -0.15) is 0 Å². The van der Waals surface area contributed by atoms with Crippen LogP contribution in [0.25, 0.3) is 0 Å². The van der Waals surface area contributed by atoms with Crippen molar-refractivity contribution < 1.29 is 8.78 Å². The van der Waals surface area contributed by atoms with Gasteiger partial charge in [-0.15, -0.1) is 0 Å². The van der Waals surface area contributed by atoms with Gasteiger partial charge in [-0.1, -0.05) is 13.0 Å². The minimum atomic E-state index is -0.508. The van der Waals surface area contributed by atoms with E-state index in [1.54, 1.807) is 6.07 Å². The quantitative estimate of drug-likeness (QED) is 0.816. The van der Waals surface area contributed by atoms with E-state index in [9.17, 15) is 8.78 Å². The molecule has 0 aromatic heterocycles. The molecule has 1 saturated heterocycles. The lowest BCUT2D eigenvalue weighted by Gasteiger charge is -2.27. The summed E-state index contributed by atoms with van der Waals surface area (Å²) in [4.78, 5) is 0. The molecule has 0 bridgehead atoms. The smallest absolute Gasteiger partial charge is 0.129 e. The largest absolute Gasteiger partial charge is 0.313 e. The van der Waals surface area contributed by atoms with E-state index in [4.69, 9.17) is 0 Å². The molecular formula is C13H17F2N. The molecule has 1 aromatic rings. The van der Waals surface area contributed by atoms with Crippen LogP contribution in [0.4, 0.5) is 8.78 Å². The molecule has 1 nitrogen and oxygen atoms in total. The number of hydrogen-bond donors (Lipinski definition) is 1. The van der Waals surface area contributed by atoms with Crippen LogP contribution in [-0.2, 0) is 6.42 Å². The second kappa shape index (κ2) is 4.91. The van der Waals surface area contributed by atoms with Gasteiger partial charge < -0.3 is 5.32 Å². The molecule has 1 N–H and O–H groups in total. The minimum absolute atomic E-state index is 0.330. The maximum Gasteiger partial charge on any atom is 0.129 e. The SMILES string of the molecule is CC1CCC(Cc2ccc(F)cc2F)NC1. The first-order valence-corrected chi connectivity index (χ1v) is 5.82. The van der Waals surface area contributed by atoms with E-state index in [0.29, 0.717) is 23.9 Å². The second-order valence-electron chi connectivity index (χ2n) is 4.73. The number of benzene rings is 1. The minimum Gasteiger partial charge on any atom is -0.313 e. The normalized spacial score (nSPS) is 25.7. The second-order valence-corrected chi connectivity index (χ2v) is 4.73. The summed E-state index contributed by atoms with van der Waals surface area (Å²) >= 11 is 0. The topological polar surface area (TPSA) is 12.0 Å². The summed E-state index contributed by atoms with van der Waals surface area (Å²) in [6, 6.07) is 4.16. The van der Waals surface area contributed by atoms with Crippen molar-refractivity contribution in [2.75, 3.05) is 6.54 Å². The zero-order valence-corrected chi connectivity index (χ0v) is 9.47. The van der Waals surface area contributed by atoms with E-state index in [-0.39, 0.29) is 0 Å². The maximum absolute atomic E-state index is 13.4. The molecular weight excluding hydrogens is 208 g/mol. The van der Waals surface area contributed by atoms with Crippen LogP contribution in [0.15, 0.2) is 18.2 Å². The Hall–Kier alpha value is -0.960. The maximum atomic E-state index is 13.4.